The molecule has 1 nitrogen and oxygen atoms in total. The minimum absolute atomic E-state index is 0.250. The molecule has 0 spiro atoms. The van der Waals surface area contributed by atoms with E-state index in [0.29, 0.717) is 0 Å². The summed E-state index contributed by atoms with van der Waals surface area (Å²) in [5, 5.41) is 10.6. The van der Waals surface area contributed by atoms with Crippen LogP contribution in [0.3, 0.4) is 0 Å². The van der Waals surface area contributed by atoms with Crippen LogP contribution in [0.25, 0.3) is 48.8 Å². The molecule has 2 radical (unpaired) electrons. The third-order valence-corrected chi connectivity index (χ3v) is 6.75. The molecule has 0 aliphatic rings. The van der Waals surface area contributed by atoms with Crippen LogP contribution in [0.15, 0.2) is 200 Å². The molecule has 0 heterocycles. The minimum atomic E-state index is -0.556. The van der Waals surface area contributed by atoms with E-state index in [0.717, 1.165) is 9.52 Å². The van der Waals surface area contributed by atoms with Gasteiger partial charge in [0.1, 0.15) is 0 Å². The van der Waals surface area contributed by atoms with E-state index in [-0.39, 0.29) is 5.54 Å². The molecule has 0 saturated heterocycles. The average Bonchev–Trinajstić information content (AvgIpc) is 3.99. The van der Waals surface area contributed by atoms with Crippen molar-refractivity contribution in [3.05, 3.63) is 206 Å². The van der Waals surface area contributed by atoms with Crippen LogP contribution >= 0.6 is 18.6 Å². The fraction of sp³-hybridized carbons (Fsp3) is 0.128. The van der Waals surface area contributed by atoms with Gasteiger partial charge in [-0.05, 0) is 0 Å². The van der Waals surface area contributed by atoms with Crippen LogP contribution in [0.5, 0.6) is 0 Å². The Morgan fingerprint density at radius 3 is 0.827 bits per heavy atom. The molecular weight excluding hydrogens is 725 g/mol. The molecule has 9 aromatic carbocycles. The van der Waals surface area contributed by atoms with Gasteiger partial charge < -0.3 is 5.73 Å². The van der Waals surface area contributed by atoms with E-state index < -0.39 is 17.0 Å². The van der Waals surface area contributed by atoms with Crippen molar-refractivity contribution < 1.29 is 17.0 Å². The predicted molar refractivity (Wildman–Crippen MR) is 233 cm³/mol. The number of nitrogens with one attached hydrogen (secondary N) is 1. The Morgan fingerprint density at radius 1 is 0.442 bits per heavy atom. The molecule has 9 rings (SSSR count). The van der Waals surface area contributed by atoms with E-state index in [2.05, 4.69) is 183 Å². The Balaban J connectivity index is 0.000000213. The van der Waals surface area contributed by atoms with Gasteiger partial charge >= 0.3 is 35.6 Å². The standard InChI is InChI=1S/4C9H7.C5H5.C4H10N.C2H6Si.2ClH.Ti/c4*1-2-5-9-7-3-6-8(9)4-1;1-2-4-5-3-1;1-4(2,3)5;1-3-2;;;/h4*1-7H;1-5H;5H,1-3H3;1-2H3;2*1H;/q6*-1;;;;+2/p-2. The Hall–Kier alpha value is -3.86. The van der Waals surface area contributed by atoms with E-state index in [1.54, 1.807) is 0 Å². The van der Waals surface area contributed by atoms with Crippen LogP contribution in [-0.2, 0) is 17.0 Å². The van der Waals surface area contributed by atoms with Crippen LogP contribution in [0, 0.1) is 0 Å². The molecule has 0 unspecified atom stereocenters. The van der Waals surface area contributed by atoms with Crippen molar-refractivity contribution in [2.75, 3.05) is 0 Å². The maximum absolute atomic E-state index is 6.94. The molecule has 0 aliphatic heterocycles. The van der Waals surface area contributed by atoms with E-state index in [1.807, 2.05) is 51.1 Å². The quantitative estimate of drug-likeness (QED) is 0.108. The Bertz CT molecular complexity index is 1700. The van der Waals surface area contributed by atoms with Gasteiger partial charge in [0.25, 0.3) is 0 Å². The van der Waals surface area contributed by atoms with Gasteiger partial charge in [-0.2, -0.15) is 88.3 Å². The molecule has 9 aromatic rings. The number of hydrogen-bond donors (Lipinski definition) is 0. The van der Waals surface area contributed by atoms with Crippen molar-refractivity contribution in [2.45, 2.75) is 39.4 Å². The first-order chi connectivity index (χ1) is 25.2. The van der Waals surface area contributed by atoms with Gasteiger partial charge in [-0.25, -0.2) is 12.1 Å². The molecule has 1 N–H and O–H groups in total. The second-order valence-corrected chi connectivity index (χ2v) is 16.0. The fourth-order valence-corrected chi connectivity index (χ4v) is 4.60. The zero-order chi connectivity index (χ0) is 37.9. The van der Waals surface area contributed by atoms with Gasteiger partial charge in [0, 0.05) is 9.52 Å². The van der Waals surface area contributed by atoms with Crippen molar-refractivity contribution in [3.8, 4) is 0 Å². The third-order valence-electron chi connectivity index (χ3n) is 6.75. The van der Waals surface area contributed by atoms with Crippen molar-refractivity contribution in [2.24, 2.45) is 0 Å². The maximum atomic E-state index is 6.94. The number of rotatable bonds is 0. The molecule has 0 atom stereocenters. The Morgan fingerprint density at radius 2 is 0.654 bits per heavy atom. The summed E-state index contributed by atoms with van der Waals surface area (Å²) in [5.74, 6) is 0. The van der Waals surface area contributed by atoms with E-state index in [4.69, 9.17) is 24.3 Å². The van der Waals surface area contributed by atoms with E-state index in [9.17, 15) is 0 Å². The average molecular weight is 775 g/mol. The van der Waals surface area contributed by atoms with Crippen LogP contribution in [-0.4, -0.2) is 15.1 Å². The molecule has 0 aromatic heterocycles. The molecule has 0 bridgehead atoms. The molecule has 270 valence electrons. The summed E-state index contributed by atoms with van der Waals surface area (Å²) >= 11 is -0.556. The second-order valence-electron chi connectivity index (χ2n) is 12.4. The summed E-state index contributed by atoms with van der Waals surface area (Å²) in [6.07, 6.45) is 0. The van der Waals surface area contributed by atoms with E-state index >= 15 is 0 Å². The zero-order valence-corrected chi connectivity index (χ0v) is 34.9. The molecule has 0 amide bonds. The topological polar surface area (TPSA) is 23.8 Å². The predicted octanol–water partition coefficient (Wildman–Crippen LogP) is 15.6. The monoisotopic (exact) mass is 773 g/mol. The maximum Gasteiger partial charge on any atom is -0.0809 e. The van der Waals surface area contributed by atoms with Gasteiger partial charge in [-0.15, -0.1) is 124 Å². The van der Waals surface area contributed by atoms with E-state index in [1.165, 1.54) is 43.1 Å². The summed E-state index contributed by atoms with van der Waals surface area (Å²) < 4.78 is 0. The van der Waals surface area contributed by atoms with Gasteiger partial charge in [0.2, 0.25) is 0 Å². The smallest absolute Gasteiger partial charge is 0.0809 e. The molecule has 0 aliphatic carbocycles. The minimum Gasteiger partial charge on any atom is -0.214 e. The summed E-state index contributed by atoms with van der Waals surface area (Å²) in [5.41, 5.74) is 6.69. The zero-order valence-electron chi connectivity index (χ0n) is 30.8. The van der Waals surface area contributed by atoms with Gasteiger partial charge in [0.15, 0.2) is 0 Å². The van der Waals surface area contributed by atoms with Crippen molar-refractivity contribution in [3.63, 3.8) is 0 Å². The first kappa shape index (κ1) is 44.3. The van der Waals surface area contributed by atoms with Gasteiger partial charge in [0.05, 0.1) is 0 Å². The number of halogens is 2. The van der Waals surface area contributed by atoms with Crippen molar-refractivity contribution in [1.29, 1.82) is 0 Å². The van der Waals surface area contributed by atoms with Gasteiger partial charge in [-0.3, -0.25) is 0 Å². The van der Waals surface area contributed by atoms with Crippen LogP contribution < -0.4 is 0 Å². The van der Waals surface area contributed by atoms with Gasteiger partial charge in [-0.1, -0.05) is 58.1 Å². The fourth-order valence-electron chi connectivity index (χ4n) is 4.60. The van der Waals surface area contributed by atoms with Crippen LogP contribution in [0.4, 0.5) is 0 Å². The van der Waals surface area contributed by atoms with Crippen molar-refractivity contribution in [1.82, 2.24) is 0 Å². The first-order valence-corrected chi connectivity index (χ1v) is 23.4. The number of fused-ring (bicyclic) bond motifs is 4. The molecule has 0 saturated carbocycles. The largest absolute Gasteiger partial charge is 0.214 e. The molecule has 5 heteroatoms. The Labute approximate surface area is 331 Å². The third kappa shape index (κ3) is 19.7. The van der Waals surface area contributed by atoms with Crippen LogP contribution in [0.1, 0.15) is 20.8 Å². The Kier molecular flexibility index (Phi) is 22.9. The second kappa shape index (κ2) is 26.8. The molecular formula is C47H49Cl2NSiTi-6. The van der Waals surface area contributed by atoms with Crippen LogP contribution in [0.2, 0.25) is 13.1 Å². The SMILES string of the molecule is CC(C)(C)[NH-].C[Si]C.[Cl][Ti][Cl].c1cc[cH-]c1.c1ccc2[cH-]ccc2c1.c1ccc2[cH-]ccc2c1.c1ccc2[cH-]ccc2c1.c1ccc2[cH-]ccc2c1. The summed E-state index contributed by atoms with van der Waals surface area (Å²) in [6.45, 7) is 9.87. The summed E-state index contributed by atoms with van der Waals surface area (Å²) in [7, 11) is 10.9. The normalized spacial score (nSPS) is 9.62. The molecule has 0 fully saturated rings. The first-order valence-electron chi connectivity index (χ1n) is 17.1. The number of hydrogen-bond acceptors (Lipinski definition) is 0. The molecule has 52 heavy (non-hydrogen) atoms. The number of benzene rings is 4. The summed E-state index contributed by atoms with van der Waals surface area (Å²) in [4.78, 5) is 0. The van der Waals surface area contributed by atoms with Crippen molar-refractivity contribution >= 4 is 71.2 Å². The summed E-state index contributed by atoms with van der Waals surface area (Å²) in [6, 6.07) is 68.7.